The second-order valence-corrected chi connectivity index (χ2v) is 7.50. The van der Waals surface area contributed by atoms with Gasteiger partial charge in [0.1, 0.15) is 5.75 Å². The Labute approximate surface area is 161 Å². The Kier molecular flexibility index (Phi) is 6.08. The third-order valence-corrected chi connectivity index (χ3v) is 5.07. The molecule has 7 heteroatoms. The van der Waals surface area contributed by atoms with Gasteiger partial charge >= 0.3 is 0 Å². The van der Waals surface area contributed by atoms with Crippen molar-refractivity contribution >= 4 is 44.2 Å². The summed E-state index contributed by atoms with van der Waals surface area (Å²) in [4.78, 5) is 21.1. The van der Waals surface area contributed by atoms with Crippen molar-refractivity contribution < 1.29 is 9.53 Å². The van der Waals surface area contributed by atoms with E-state index < -0.39 is 0 Å². The molecule has 0 unspecified atom stereocenters. The van der Waals surface area contributed by atoms with E-state index in [1.807, 2.05) is 43.3 Å². The number of aromatic nitrogens is 1. The first-order valence-corrected chi connectivity index (χ1v) is 9.41. The van der Waals surface area contributed by atoms with Crippen molar-refractivity contribution in [2.24, 2.45) is 0 Å². The average Bonchev–Trinajstić information content (AvgIpc) is 3.05. The second-order valence-electron chi connectivity index (χ2n) is 6.06. The van der Waals surface area contributed by atoms with E-state index in [2.05, 4.69) is 4.98 Å². The fraction of sp³-hybridized carbons (Fsp3) is 0.263. The molecular weight excluding hydrogens is 370 g/mol. The Morgan fingerprint density at radius 1 is 1.12 bits per heavy atom. The van der Waals surface area contributed by atoms with Crippen molar-refractivity contribution in [3.8, 4) is 5.75 Å². The molecule has 3 aromatic rings. The summed E-state index contributed by atoms with van der Waals surface area (Å²) >= 11 is 7.38. The van der Waals surface area contributed by atoms with Gasteiger partial charge in [0.25, 0.3) is 5.91 Å². The number of hydrogen-bond acceptors (Lipinski definition) is 5. The maximum absolute atomic E-state index is 12.8. The molecule has 0 radical (unpaired) electrons. The Balaban J connectivity index is 1.75. The van der Waals surface area contributed by atoms with Crippen molar-refractivity contribution in [2.45, 2.75) is 0 Å². The van der Waals surface area contributed by atoms with E-state index >= 15 is 0 Å². The number of amides is 1. The molecule has 136 valence electrons. The summed E-state index contributed by atoms with van der Waals surface area (Å²) in [5.41, 5.74) is 0.897. The molecule has 0 N–H and O–H groups in total. The highest BCUT2D eigenvalue weighted by molar-refractivity contribution is 7.22. The molecule has 0 fully saturated rings. The highest BCUT2D eigenvalue weighted by Crippen LogP contribution is 2.28. The maximum atomic E-state index is 12.8. The molecule has 3 rings (SSSR count). The lowest BCUT2D eigenvalue weighted by Crippen LogP contribution is -2.39. The molecule has 1 amide bonds. The van der Waals surface area contributed by atoms with E-state index in [1.54, 1.807) is 29.2 Å². The molecule has 1 heterocycles. The van der Waals surface area contributed by atoms with Crippen LogP contribution in [0.15, 0.2) is 48.5 Å². The number of para-hydroxylation sites is 1. The minimum Gasteiger partial charge on any atom is -0.484 e. The zero-order valence-electron chi connectivity index (χ0n) is 14.7. The molecule has 5 nitrogen and oxygen atoms in total. The number of carbonyl (C=O) groups excluding carboxylic acids is 1. The van der Waals surface area contributed by atoms with Gasteiger partial charge in [0.15, 0.2) is 11.7 Å². The molecule has 0 aliphatic heterocycles. The molecule has 2 aromatic carbocycles. The van der Waals surface area contributed by atoms with Gasteiger partial charge in [-0.25, -0.2) is 4.98 Å². The number of nitrogens with zero attached hydrogens (tertiary/aromatic N) is 3. The normalized spacial score (nSPS) is 11.1. The lowest BCUT2D eigenvalue weighted by Gasteiger charge is -2.22. The summed E-state index contributed by atoms with van der Waals surface area (Å²) in [6.45, 7) is 1.24. The predicted octanol–water partition coefficient (Wildman–Crippen LogP) is 3.92. The lowest BCUT2D eigenvalue weighted by molar-refractivity contribution is -0.120. The first-order chi connectivity index (χ1) is 12.5. The number of fused-ring (bicyclic) bond motifs is 1. The largest absolute Gasteiger partial charge is 0.484 e. The van der Waals surface area contributed by atoms with Gasteiger partial charge in [-0.05, 0) is 50.5 Å². The highest BCUT2D eigenvalue weighted by Gasteiger charge is 2.20. The molecule has 1 aromatic heterocycles. The summed E-state index contributed by atoms with van der Waals surface area (Å²) in [5.74, 6) is 0.487. The van der Waals surface area contributed by atoms with Crippen LogP contribution in [-0.2, 0) is 4.79 Å². The number of thiazole rings is 1. The smallest absolute Gasteiger partial charge is 0.266 e. The van der Waals surface area contributed by atoms with E-state index in [-0.39, 0.29) is 12.5 Å². The number of benzene rings is 2. The molecule has 0 aliphatic rings. The van der Waals surface area contributed by atoms with Gasteiger partial charge in [0.05, 0.1) is 10.2 Å². The number of likely N-dealkylation sites (N-methyl/N-ethyl adjacent to an activating group) is 1. The van der Waals surface area contributed by atoms with Crippen LogP contribution in [0.2, 0.25) is 5.02 Å². The van der Waals surface area contributed by atoms with Crippen LogP contribution in [0.1, 0.15) is 0 Å². The maximum Gasteiger partial charge on any atom is 0.266 e. The van der Waals surface area contributed by atoms with Gasteiger partial charge in [0.2, 0.25) is 0 Å². The Bertz CT molecular complexity index is 847. The van der Waals surface area contributed by atoms with Crippen molar-refractivity contribution in [1.29, 1.82) is 0 Å². The van der Waals surface area contributed by atoms with Crippen LogP contribution in [0.4, 0.5) is 5.13 Å². The van der Waals surface area contributed by atoms with Crippen LogP contribution in [0.3, 0.4) is 0 Å². The minimum absolute atomic E-state index is 0.0506. The van der Waals surface area contributed by atoms with Crippen LogP contribution in [0.5, 0.6) is 5.75 Å². The SMILES string of the molecule is CN(C)CCN(C(=O)COc1ccc(Cl)cc1)c1nc2ccccc2s1. The summed E-state index contributed by atoms with van der Waals surface area (Å²) in [6, 6.07) is 14.8. The number of halogens is 1. The Hall–Kier alpha value is -2.15. The van der Waals surface area contributed by atoms with E-state index in [0.717, 1.165) is 16.8 Å². The van der Waals surface area contributed by atoms with E-state index in [9.17, 15) is 4.79 Å². The van der Waals surface area contributed by atoms with Gasteiger partial charge in [-0.15, -0.1) is 0 Å². The van der Waals surface area contributed by atoms with Crippen molar-refractivity contribution in [3.05, 3.63) is 53.6 Å². The predicted molar refractivity (Wildman–Crippen MR) is 107 cm³/mol. The molecule has 0 aliphatic carbocycles. The zero-order valence-corrected chi connectivity index (χ0v) is 16.3. The van der Waals surface area contributed by atoms with Crippen molar-refractivity contribution in [1.82, 2.24) is 9.88 Å². The number of hydrogen-bond donors (Lipinski definition) is 0. The highest BCUT2D eigenvalue weighted by atomic mass is 35.5. The topological polar surface area (TPSA) is 45.7 Å². The summed E-state index contributed by atoms with van der Waals surface area (Å²) in [6.07, 6.45) is 0. The van der Waals surface area contributed by atoms with Gasteiger partial charge in [-0.2, -0.15) is 0 Å². The number of rotatable bonds is 7. The van der Waals surface area contributed by atoms with Gasteiger partial charge in [-0.3, -0.25) is 9.69 Å². The molecule has 0 atom stereocenters. The Morgan fingerprint density at radius 3 is 2.54 bits per heavy atom. The molecule has 26 heavy (non-hydrogen) atoms. The number of ether oxygens (including phenoxy) is 1. The number of carbonyl (C=O) groups is 1. The molecule has 0 saturated heterocycles. The van der Waals surface area contributed by atoms with Crippen LogP contribution >= 0.6 is 22.9 Å². The van der Waals surface area contributed by atoms with E-state index in [0.29, 0.717) is 22.4 Å². The number of anilines is 1. The monoisotopic (exact) mass is 389 g/mol. The van der Waals surface area contributed by atoms with Crippen LogP contribution < -0.4 is 9.64 Å². The molecule has 0 spiro atoms. The molecule has 0 saturated carbocycles. The van der Waals surface area contributed by atoms with E-state index in [1.165, 1.54) is 11.3 Å². The molecular formula is C19H20ClN3O2S. The van der Waals surface area contributed by atoms with Crippen LogP contribution in [-0.4, -0.2) is 49.6 Å². The summed E-state index contributed by atoms with van der Waals surface area (Å²) < 4.78 is 6.68. The van der Waals surface area contributed by atoms with Crippen LogP contribution in [0, 0.1) is 0 Å². The fourth-order valence-corrected chi connectivity index (χ4v) is 3.49. The minimum atomic E-state index is -0.124. The van der Waals surface area contributed by atoms with Gasteiger partial charge in [0, 0.05) is 18.1 Å². The third-order valence-electron chi connectivity index (χ3n) is 3.76. The molecule has 0 bridgehead atoms. The summed E-state index contributed by atoms with van der Waals surface area (Å²) in [7, 11) is 3.95. The van der Waals surface area contributed by atoms with E-state index in [4.69, 9.17) is 16.3 Å². The average molecular weight is 390 g/mol. The first kappa shape index (κ1) is 18.6. The lowest BCUT2D eigenvalue weighted by atomic mass is 10.3. The first-order valence-electron chi connectivity index (χ1n) is 8.22. The quantitative estimate of drug-likeness (QED) is 0.614. The van der Waals surface area contributed by atoms with Gasteiger partial charge in [-0.1, -0.05) is 35.1 Å². The van der Waals surface area contributed by atoms with Crippen LogP contribution in [0.25, 0.3) is 10.2 Å². The second kappa shape index (κ2) is 8.49. The fourth-order valence-electron chi connectivity index (χ4n) is 2.36. The standard InChI is InChI=1S/C19H20ClN3O2S/c1-22(2)11-12-23(19-21-16-5-3-4-6-17(16)26-19)18(24)13-25-15-9-7-14(20)8-10-15/h3-10H,11-13H2,1-2H3. The zero-order chi connectivity index (χ0) is 18.5. The third kappa shape index (κ3) is 4.72. The van der Waals surface area contributed by atoms with Gasteiger partial charge < -0.3 is 9.64 Å². The summed E-state index contributed by atoms with van der Waals surface area (Å²) in [5, 5.41) is 1.32. The van der Waals surface area contributed by atoms with Crippen molar-refractivity contribution in [2.75, 3.05) is 38.7 Å². The van der Waals surface area contributed by atoms with Crippen molar-refractivity contribution in [3.63, 3.8) is 0 Å². The Morgan fingerprint density at radius 2 is 1.85 bits per heavy atom.